The molecule has 3 aromatic rings. The second kappa shape index (κ2) is 6.90. The first-order valence-electron chi connectivity index (χ1n) is 7.72. The molecule has 0 aliphatic rings. The number of aromatic nitrogens is 1. The van der Waals surface area contributed by atoms with E-state index in [1.807, 2.05) is 6.07 Å². The van der Waals surface area contributed by atoms with Crippen molar-refractivity contribution in [2.45, 2.75) is 18.7 Å². The van der Waals surface area contributed by atoms with Crippen LogP contribution in [0.2, 0.25) is 0 Å². The van der Waals surface area contributed by atoms with Gasteiger partial charge in [0.15, 0.2) is 10.7 Å². The van der Waals surface area contributed by atoms with Crippen molar-refractivity contribution in [1.82, 2.24) is 5.16 Å². The Hall–Kier alpha value is -3.31. The van der Waals surface area contributed by atoms with E-state index in [-0.39, 0.29) is 10.7 Å². The molecule has 2 aromatic carbocycles. The molecule has 0 aliphatic heterocycles. The number of anilines is 3. The molecule has 1 aromatic heterocycles. The average molecular weight is 368 g/mol. The second-order valence-electron chi connectivity index (χ2n) is 5.62. The van der Waals surface area contributed by atoms with Gasteiger partial charge in [-0.15, -0.1) is 0 Å². The van der Waals surface area contributed by atoms with E-state index in [2.05, 4.69) is 21.3 Å². The number of hydrogen-bond donors (Lipinski definition) is 2. The number of nitriles is 1. The zero-order chi connectivity index (χ0) is 18.7. The van der Waals surface area contributed by atoms with Crippen molar-refractivity contribution in [1.29, 1.82) is 5.26 Å². The van der Waals surface area contributed by atoms with Crippen molar-refractivity contribution in [2.24, 2.45) is 0 Å². The molecule has 0 bridgehead atoms. The highest BCUT2D eigenvalue weighted by molar-refractivity contribution is 7.92. The summed E-state index contributed by atoms with van der Waals surface area (Å²) in [7, 11) is -3.78. The normalized spacial score (nSPS) is 11.0. The number of nitrogens with zero attached hydrogens (tertiary/aromatic N) is 2. The van der Waals surface area contributed by atoms with Crippen LogP contribution in [-0.2, 0) is 10.0 Å². The van der Waals surface area contributed by atoms with Crippen LogP contribution in [0.3, 0.4) is 0 Å². The Balaban J connectivity index is 1.79. The van der Waals surface area contributed by atoms with Gasteiger partial charge in [0.25, 0.3) is 10.0 Å². The first kappa shape index (κ1) is 17.5. The van der Waals surface area contributed by atoms with Crippen molar-refractivity contribution in [3.8, 4) is 6.07 Å². The van der Waals surface area contributed by atoms with Crippen molar-refractivity contribution in [3.63, 3.8) is 0 Å². The highest BCUT2D eigenvalue weighted by Gasteiger charge is 2.24. The number of sulfonamides is 1. The summed E-state index contributed by atoms with van der Waals surface area (Å²) < 4.78 is 32.4. The lowest BCUT2D eigenvalue weighted by Crippen LogP contribution is -2.14. The van der Waals surface area contributed by atoms with Gasteiger partial charge in [0.1, 0.15) is 11.8 Å². The zero-order valence-corrected chi connectivity index (χ0v) is 15.0. The molecule has 0 spiro atoms. The zero-order valence-electron chi connectivity index (χ0n) is 14.1. The number of hydrogen-bond acceptors (Lipinski definition) is 6. The summed E-state index contributed by atoms with van der Waals surface area (Å²) in [6.07, 6.45) is 0. The summed E-state index contributed by atoms with van der Waals surface area (Å²) in [5.41, 5.74) is 2.65. The van der Waals surface area contributed by atoms with E-state index in [0.717, 1.165) is 5.69 Å². The Kier molecular flexibility index (Phi) is 4.65. The highest BCUT2D eigenvalue weighted by atomic mass is 32.2. The number of para-hydroxylation sites is 1. The van der Waals surface area contributed by atoms with Crippen LogP contribution < -0.4 is 10.0 Å². The summed E-state index contributed by atoms with van der Waals surface area (Å²) in [4.78, 5) is 0.0441. The lowest BCUT2D eigenvalue weighted by atomic mass is 10.2. The molecule has 7 nitrogen and oxygen atoms in total. The van der Waals surface area contributed by atoms with Gasteiger partial charge in [0.2, 0.25) is 0 Å². The summed E-state index contributed by atoms with van der Waals surface area (Å²) in [6.45, 7) is 3.12. The minimum absolute atomic E-state index is 0.0441. The van der Waals surface area contributed by atoms with Crippen LogP contribution >= 0.6 is 0 Å². The van der Waals surface area contributed by atoms with Crippen LogP contribution in [-0.4, -0.2) is 13.6 Å². The lowest BCUT2D eigenvalue weighted by molar-refractivity contribution is 0.390. The molecule has 132 valence electrons. The predicted octanol–water partition coefficient (Wildman–Crippen LogP) is 3.71. The maximum absolute atomic E-state index is 12.5. The molecule has 0 atom stereocenters. The van der Waals surface area contributed by atoms with E-state index >= 15 is 0 Å². The van der Waals surface area contributed by atoms with E-state index in [1.54, 1.807) is 56.3 Å². The Morgan fingerprint density at radius 3 is 2.31 bits per heavy atom. The summed E-state index contributed by atoms with van der Waals surface area (Å²) in [5, 5.41) is 15.9. The van der Waals surface area contributed by atoms with Crippen molar-refractivity contribution >= 4 is 27.1 Å². The van der Waals surface area contributed by atoms with Crippen molar-refractivity contribution < 1.29 is 12.9 Å². The first-order chi connectivity index (χ1) is 12.4. The Morgan fingerprint density at radius 1 is 1.04 bits per heavy atom. The van der Waals surface area contributed by atoms with Crippen LogP contribution in [0, 0.1) is 25.2 Å². The molecule has 0 amide bonds. The number of rotatable bonds is 5. The molecule has 1 heterocycles. The van der Waals surface area contributed by atoms with Crippen LogP contribution in [0.4, 0.5) is 17.1 Å². The molecule has 0 unspecified atom stereocenters. The fourth-order valence-corrected chi connectivity index (χ4v) is 3.92. The van der Waals surface area contributed by atoms with Crippen LogP contribution in [0.1, 0.15) is 17.0 Å². The van der Waals surface area contributed by atoms with Gasteiger partial charge in [0.05, 0.1) is 11.3 Å². The first-order valence-corrected chi connectivity index (χ1v) is 9.21. The van der Waals surface area contributed by atoms with Crippen molar-refractivity contribution in [3.05, 3.63) is 65.5 Å². The average Bonchev–Trinajstić information content (AvgIpc) is 2.96. The SMILES string of the molecule is Cc1noc(C)c1S(=O)(=O)Nc1ccc(Nc2ccccc2C#N)cc1. The summed E-state index contributed by atoms with van der Waals surface area (Å²) >= 11 is 0. The molecule has 0 radical (unpaired) electrons. The molecule has 26 heavy (non-hydrogen) atoms. The molecule has 3 rings (SSSR count). The van der Waals surface area contributed by atoms with Gasteiger partial charge in [-0.1, -0.05) is 17.3 Å². The van der Waals surface area contributed by atoms with Gasteiger partial charge < -0.3 is 9.84 Å². The fourth-order valence-electron chi connectivity index (χ4n) is 2.53. The topological polar surface area (TPSA) is 108 Å². The highest BCUT2D eigenvalue weighted by Crippen LogP contribution is 2.25. The van der Waals surface area contributed by atoms with Gasteiger partial charge >= 0.3 is 0 Å². The smallest absolute Gasteiger partial charge is 0.267 e. The largest absolute Gasteiger partial charge is 0.360 e. The van der Waals surface area contributed by atoms with E-state index in [4.69, 9.17) is 9.78 Å². The molecular weight excluding hydrogens is 352 g/mol. The lowest BCUT2D eigenvalue weighted by Gasteiger charge is -2.10. The van der Waals surface area contributed by atoms with Gasteiger partial charge in [-0.25, -0.2) is 8.42 Å². The molecule has 0 saturated carbocycles. The Morgan fingerprint density at radius 2 is 1.69 bits per heavy atom. The third-order valence-electron chi connectivity index (χ3n) is 3.70. The van der Waals surface area contributed by atoms with E-state index in [9.17, 15) is 8.42 Å². The van der Waals surface area contributed by atoms with Crippen molar-refractivity contribution in [2.75, 3.05) is 10.0 Å². The summed E-state index contributed by atoms with van der Waals surface area (Å²) in [6, 6.07) is 16.0. The Bertz CT molecular complexity index is 1060. The summed E-state index contributed by atoms with van der Waals surface area (Å²) in [5.74, 6) is 0.237. The third kappa shape index (κ3) is 3.53. The molecular formula is C18H16N4O3S. The van der Waals surface area contributed by atoms with Crippen LogP contribution in [0.15, 0.2) is 57.9 Å². The van der Waals surface area contributed by atoms with Crippen LogP contribution in [0.25, 0.3) is 0 Å². The standard InChI is InChI=1S/C18H16N4O3S/c1-12-18(13(2)25-21-12)26(23,24)22-16-9-7-15(8-10-16)20-17-6-4-3-5-14(17)11-19/h3-10,20,22H,1-2H3. The van der Waals surface area contributed by atoms with Gasteiger partial charge in [-0.05, 0) is 50.2 Å². The predicted molar refractivity (Wildman–Crippen MR) is 97.7 cm³/mol. The molecule has 2 N–H and O–H groups in total. The van der Waals surface area contributed by atoms with Gasteiger partial charge in [-0.2, -0.15) is 5.26 Å². The molecule has 8 heteroatoms. The molecule has 0 fully saturated rings. The monoisotopic (exact) mass is 368 g/mol. The molecule has 0 saturated heterocycles. The quantitative estimate of drug-likeness (QED) is 0.711. The molecule has 0 aliphatic carbocycles. The fraction of sp³-hybridized carbons (Fsp3) is 0.111. The minimum Gasteiger partial charge on any atom is -0.360 e. The third-order valence-corrected chi connectivity index (χ3v) is 5.32. The maximum atomic E-state index is 12.5. The number of aryl methyl sites for hydroxylation is 2. The maximum Gasteiger partial charge on any atom is 0.267 e. The Labute approximate surface area is 151 Å². The van der Waals surface area contributed by atoms with Gasteiger partial charge in [0, 0.05) is 11.4 Å². The van der Waals surface area contributed by atoms with E-state index < -0.39 is 10.0 Å². The second-order valence-corrected chi connectivity index (χ2v) is 7.24. The van der Waals surface area contributed by atoms with E-state index in [0.29, 0.717) is 22.6 Å². The van der Waals surface area contributed by atoms with E-state index in [1.165, 1.54) is 0 Å². The number of nitrogens with one attached hydrogen (secondary N) is 2. The van der Waals surface area contributed by atoms with Crippen LogP contribution in [0.5, 0.6) is 0 Å². The van der Waals surface area contributed by atoms with Gasteiger partial charge in [-0.3, -0.25) is 4.72 Å². The minimum atomic E-state index is -3.78. The number of benzene rings is 2.